The fraction of sp³-hybridized carbons (Fsp3) is 0.0952. The molecule has 0 fully saturated rings. The van der Waals surface area contributed by atoms with E-state index in [1.165, 1.54) is 0 Å². The molecule has 27 heavy (non-hydrogen) atoms. The van der Waals surface area contributed by atoms with Gasteiger partial charge in [0.2, 0.25) is 0 Å². The van der Waals surface area contributed by atoms with Crippen molar-refractivity contribution in [1.29, 1.82) is 0 Å². The van der Waals surface area contributed by atoms with E-state index in [2.05, 4.69) is 17.2 Å². The van der Waals surface area contributed by atoms with Gasteiger partial charge in [-0.3, -0.25) is 14.4 Å². The standard InChI is InChI=1S/C21H18N2O4/c1-3-10-22-20(25)14-6-4-5-7-16(14)23-21(26)19-12-17(24)15-11-13(2)8-9-18(15)27-19/h3-9,11-12H,1,10H2,2H3,(H,22,25)(H,23,26). The predicted octanol–water partition coefficient (Wildman–Crippen LogP) is 3.27. The quantitative estimate of drug-likeness (QED) is 0.682. The first-order valence-electron chi connectivity index (χ1n) is 8.33. The molecule has 0 radical (unpaired) electrons. The highest BCUT2D eigenvalue weighted by molar-refractivity contribution is 6.08. The second kappa shape index (κ2) is 7.70. The second-order valence-electron chi connectivity index (χ2n) is 5.97. The number of carbonyl (C=O) groups excluding carboxylic acids is 2. The molecule has 6 heteroatoms. The number of hydrogen-bond donors (Lipinski definition) is 2. The number of anilines is 1. The molecule has 136 valence electrons. The van der Waals surface area contributed by atoms with Crippen molar-refractivity contribution >= 4 is 28.5 Å². The minimum atomic E-state index is -0.612. The van der Waals surface area contributed by atoms with Crippen molar-refractivity contribution < 1.29 is 14.0 Å². The number of rotatable bonds is 5. The van der Waals surface area contributed by atoms with Crippen LogP contribution in [0.15, 0.2) is 70.4 Å². The van der Waals surface area contributed by atoms with Crippen molar-refractivity contribution in [2.45, 2.75) is 6.92 Å². The number of aryl methyl sites for hydroxylation is 1. The van der Waals surface area contributed by atoms with Crippen LogP contribution in [0.4, 0.5) is 5.69 Å². The van der Waals surface area contributed by atoms with Crippen LogP contribution in [0.1, 0.15) is 26.5 Å². The van der Waals surface area contributed by atoms with Crippen molar-refractivity contribution in [2.75, 3.05) is 11.9 Å². The summed E-state index contributed by atoms with van der Waals surface area (Å²) in [7, 11) is 0. The van der Waals surface area contributed by atoms with Gasteiger partial charge in [0.1, 0.15) is 5.58 Å². The zero-order valence-electron chi connectivity index (χ0n) is 14.7. The molecule has 2 N–H and O–H groups in total. The van der Waals surface area contributed by atoms with E-state index in [0.717, 1.165) is 11.6 Å². The Bertz CT molecular complexity index is 1100. The van der Waals surface area contributed by atoms with Gasteiger partial charge < -0.3 is 15.1 Å². The lowest BCUT2D eigenvalue weighted by atomic mass is 10.1. The minimum Gasteiger partial charge on any atom is -0.451 e. The van der Waals surface area contributed by atoms with Crippen LogP contribution in [0, 0.1) is 6.92 Å². The van der Waals surface area contributed by atoms with Crippen molar-refractivity contribution in [1.82, 2.24) is 5.32 Å². The Kier molecular flexibility index (Phi) is 5.17. The number of benzene rings is 2. The average Bonchev–Trinajstić information content (AvgIpc) is 2.67. The lowest BCUT2D eigenvalue weighted by molar-refractivity contribution is 0.0959. The monoisotopic (exact) mass is 362 g/mol. The van der Waals surface area contributed by atoms with Gasteiger partial charge in [0.25, 0.3) is 11.8 Å². The van der Waals surface area contributed by atoms with Gasteiger partial charge in [-0.2, -0.15) is 0 Å². The van der Waals surface area contributed by atoms with E-state index in [9.17, 15) is 14.4 Å². The first-order chi connectivity index (χ1) is 13.0. The highest BCUT2D eigenvalue weighted by atomic mass is 16.3. The van der Waals surface area contributed by atoms with Gasteiger partial charge >= 0.3 is 0 Å². The van der Waals surface area contributed by atoms with Gasteiger partial charge in [0, 0.05) is 12.6 Å². The summed E-state index contributed by atoms with van der Waals surface area (Å²) in [4.78, 5) is 37.1. The van der Waals surface area contributed by atoms with Gasteiger partial charge in [-0.15, -0.1) is 6.58 Å². The summed E-state index contributed by atoms with van der Waals surface area (Å²) in [6.07, 6.45) is 1.56. The average molecular weight is 362 g/mol. The highest BCUT2D eigenvalue weighted by Crippen LogP contribution is 2.18. The number of hydrogen-bond acceptors (Lipinski definition) is 4. The van der Waals surface area contributed by atoms with E-state index in [1.807, 2.05) is 6.92 Å². The minimum absolute atomic E-state index is 0.127. The fourth-order valence-electron chi connectivity index (χ4n) is 2.62. The number of fused-ring (bicyclic) bond motifs is 1. The molecule has 1 aromatic heterocycles. The largest absolute Gasteiger partial charge is 0.451 e. The van der Waals surface area contributed by atoms with Crippen molar-refractivity contribution in [3.63, 3.8) is 0 Å². The molecule has 0 bridgehead atoms. The second-order valence-corrected chi connectivity index (χ2v) is 5.97. The Hall–Kier alpha value is -3.67. The zero-order chi connectivity index (χ0) is 19.4. The summed E-state index contributed by atoms with van der Waals surface area (Å²) in [6, 6.07) is 12.9. The van der Waals surface area contributed by atoms with E-state index >= 15 is 0 Å². The highest BCUT2D eigenvalue weighted by Gasteiger charge is 2.16. The molecule has 3 aromatic rings. The van der Waals surface area contributed by atoms with E-state index in [-0.39, 0.29) is 17.1 Å². The molecule has 0 unspecified atom stereocenters. The maximum Gasteiger partial charge on any atom is 0.291 e. The van der Waals surface area contributed by atoms with Crippen LogP contribution < -0.4 is 16.1 Å². The Morgan fingerprint density at radius 2 is 1.89 bits per heavy atom. The Balaban J connectivity index is 1.91. The van der Waals surface area contributed by atoms with E-state index in [0.29, 0.717) is 28.8 Å². The lowest BCUT2D eigenvalue weighted by Crippen LogP contribution is -2.25. The molecule has 0 saturated carbocycles. The van der Waals surface area contributed by atoms with Crippen LogP contribution in [-0.2, 0) is 0 Å². The SMILES string of the molecule is C=CCNC(=O)c1ccccc1NC(=O)c1cc(=O)c2cc(C)ccc2o1. The fourth-order valence-corrected chi connectivity index (χ4v) is 2.62. The van der Waals surface area contributed by atoms with Crippen LogP contribution in [0.5, 0.6) is 0 Å². The van der Waals surface area contributed by atoms with Gasteiger partial charge in [-0.1, -0.05) is 29.8 Å². The molecule has 6 nitrogen and oxygen atoms in total. The topological polar surface area (TPSA) is 88.4 Å². The molecule has 3 rings (SSSR count). The first-order valence-corrected chi connectivity index (χ1v) is 8.33. The molecule has 2 amide bonds. The maximum atomic E-state index is 12.6. The number of carbonyl (C=O) groups is 2. The van der Waals surface area contributed by atoms with E-state index in [4.69, 9.17) is 4.42 Å². The van der Waals surface area contributed by atoms with E-state index < -0.39 is 5.91 Å². The van der Waals surface area contributed by atoms with Gasteiger partial charge in [-0.25, -0.2) is 0 Å². The molecule has 2 aromatic carbocycles. The Morgan fingerprint density at radius 1 is 1.11 bits per heavy atom. The van der Waals surface area contributed by atoms with E-state index in [1.54, 1.807) is 48.5 Å². The maximum absolute atomic E-state index is 12.6. The third-order valence-corrected chi connectivity index (χ3v) is 3.93. The third-order valence-electron chi connectivity index (χ3n) is 3.93. The summed E-state index contributed by atoms with van der Waals surface area (Å²) in [5.41, 5.74) is 1.56. The smallest absolute Gasteiger partial charge is 0.291 e. The molecule has 0 aliphatic carbocycles. The third kappa shape index (κ3) is 3.95. The predicted molar refractivity (Wildman–Crippen MR) is 104 cm³/mol. The molecule has 1 heterocycles. The molecule has 0 atom stereocenters. The molecule has 0 saturated heterocycles. The van der Waals surface area contributed by atoms with Gasteiger partial charge in [-0.05, 0) is 31.2 Å². The summed E-state index contributed by atoms with van der Waals surface area (Å²) >= 11 is 0. The molecule has 0 spiro atoms. The van der Waals surface area contributed by atoms with Gasteiger partial charge in [0.15, 0.2) is 11.2 Å². The number of para-hydroxylation sites is 1. The van der Waals surface area contributed by atoms with Gasteiger partial charge in [0.05, 0.1) is 16.6 Å². The van der Waals surface area contributed by atoms with Crippen LogP contribution in [-0.4, -0.2) is 18.4 Å². The zero-order valence-corrected chi connectivity index (χ0v) is 14.7. The number of nitrogens with one attached hydrogen (secondary N) is 2. The molecular weight excluding hydrogens is 344 g/mol. The molecule has 0 aliphatic heterocycles. The molecular formula is C21H18N2O4. The Labute approximate surface area is 155 Å². The normalized spacial score (nSPS) is 10.4. The summed E-state index contributed by atoms with van der Waals surface area (Å²) < 4.78 is 5.57. The first kappa shape index (κ1) is 18.1. The van der Waals surface area contributed by atoms with Crippen LogP contribution in [0.2, 0.25) is 0 Å². The summed E-state index contributed by atoms with van der Waals surface area (Å²) in [5, 5.41) is 5.70. The Morgan fingerprint density at radius 3 is 2.67 bits per heavy atom. The summed E-state index contributed by atoms with van der Waals surface area (Å²) in [6.45, 7) is 5.72. The molecule has 0 aliphatic rings. The van der Waals surface area contributed by atoms with Crippen molar-refractivity contribution in [3.05, 3.63) is 88.3 Å². The van der Waals surface area contributed by atoms with Crippen LogP contribution in [0.25, 0.3) is 11.0 Å². The number of amides is 2. The van der Waals surface area contributed by atoms with Crippen LogP contribution in [0.3, 0.4) is 0 Å². The van der Waals surface area contributed by atoms with Crippen molar-refractivity contribution in [3.8, 4) is 0 Å². The lowest BCUT2D eigenvalue weighted by Gasteiger charge is -2.10. The van der Waals surface area contributed by atoms with Crippen LogP contribution >= 0.6 is 0 Å². The summed E-state index contributed by atoms with van der Waals surface area (Å²) in [5.74, 6) is -1.09. The van der Waals surface area contributed by atoms with Crippen molar-refractivity contribution in [2.24, 2.45) is 0 Å².